The molecule has 0 radical (unpaired) electrons. The zero-order valence-electron chi connectivity index (χ0n) is 11.1. The van der Waals surface area contributed by atoms with E-state index in [0.717, 1.165) is 16.9 Å². The Balaban J connectivity index is 2.33. The van der Waals surface area contributed by atoms with Gasteiger partial charge in [0.25, 0.3) is 0 Å². The molecule has 94 valence electrons. The number of hydrogen-bond acceptors (Lipinski definition) is 2. The normalized spacial score (nSPS) is 11.1. The van der Waals surface area contributed by atoms with Crippen LogP contribution in [-0.2, 0) is 0 Å². The topological polar surface area (TPSA) is 30.7 Å². The van der Waals surface area contributed by atoms with Crippen LogP contribution < -0.4 is 5.72 Å². The summed E-state index contributed by atoms with van der Waals surface area (Å²) in [6.45, 7) is 3.55. The molecule has 0 spiro atoms. The third-order valence-electron chi connectivity index (χ3n) is 3.28. The lowest BCUT2D eigenvalue weighted by Gasteiger charge is -2.10. The van der Waals surface area contributed by atoms with E-state index in [4.69, 9.17) is 0 Å². The summed E-state index contributed by atoms with van der Waals surface area (Å²) in [4.78, 5) is 8.67. The maximum Gasteiger partial charge on any atom is 0.187 e. The minimum atomic E-state index is -0.149. The van der Waals surface area contributed by atoms with E-state index in [0.29, 0.717) is 16.8 Å². The molecule has 0 amide bonds. The summed E-state index contributed by atoms with van der Waals surface area (Å²) in [7, 11) is 1.93. The Labute approximate surface area is 111 Å². The highest BCUT2D eigenvalue weighted by Crippen LogP contribution is 2.20. The van der Waals surface area contributed by atoms with Gasteiger partial charge in [0.15, 0.2) is 13.5 Å². The van der Waals surface area contributed by atoms with Crippen LogP contribution in [0.1, 0.15) is 11.1 Å². The van der Waals surface area contributed by atoms with Crippen LogP contribution in [0.4, 0.5) is 4.39 Å². The second kappa shape index (κ2) is 4.19. The van der Waals surface area contributed by atoms with Gasteiger partial charge in [-0.05, 0) is 49.2 Å². The molecule has 0 bridgehead atoms. The third kappa shape index (κ3) is 1.82. The summed E-state index contributed by atoms with van der Waals surface area (Å²) < 4.78 is 15.7. The van der Waals surface area contributed by atoms with Crippen molar-refractivity contribution in [3.05, 3.63) is 47.4 Å². The van der Waals surface area contributed by atoms with Gasteiger partial charge in [0.05, 0.1) is 11.2 Å². The molecule has 2 aromatic heterocycles. The Morgan fingerprint density at radius 1 is 1.21 bits per heavy atom. The number of aryl methyl sites for hydroxylation is 2. The van der Waals surface area contributed by atoms with Crippen LogP contribution in [0, 0.1) is 19.7 Å². The van der Waals surface area contributed by atoms with Crippen molar-refractivity contribution in [3.63, 3.8) is 0 Å². The number of benzene rings is 1. The summed E-state index contributed by atoms with van der Waals surface area (Å²) >= 11 is 0. The summed E-state index contributed by atoms with van der Waals surface area (Å²) in [6.07, 6.45) is 1.72. The maximum atomic E-state index is 13.7. The van der Waals surface area contributed by atoms with Crippen LogP contribution in [-0.4, -0.2) is 22.4 Å². The van der Waals surface area contributed by atoms with Crippen molar-refractivity contribution in [1.29, 1.82) is 0 Å². The average Bonchev–Trinajstić information content (AvgIpc) is 2.71. The average molecular weight is 253 g/mol. The van der Waals surface area contributed by atoms with Crippen molar-refractivity contribution >= 4 is 24.7 Å². The van der Waals surface area contributed by atoms with E-state index >= 15 is 0 Å². The minimum absolute atomic E-state index is 0.149. The van der Waals surface area contributed by atoms with E-state index in [9.17, 15) is 4.39 Å². The quantitative estimate of drug-likeness (QED) is 0.614. The summed E-state index contributed by atoms with van der Waals surface area (Å²) in [5.74, 6) is -0.149. The van der Waals surface area contributed by atoms with Crippen LogP contribution in [0.15, 0.2) is 30.5 Å². The molecule has 0 fully saturated rings. The molecule has 0 unspecified atom stereocenters. The highest BCUT2D eigenvalue weighted by Gasteiger charge is 2.12. The number of pyridine rings is 1. The minimum Gasteiger partial charge on any atom is -0.304 e. The molecule has 3 nitrogen and oxygen atoms in total. The first kappa shape index (κ1) is 11.9. The summed E-state index contributed by atoms with van der Waals surface area (Å²) in [5.41, 5.74) is 4.69. The number of nitrogens with zero attached hydrogens (tertiary/aromatic N) is 3. The Morgan fingerprint density at radius 3 is 2.58 bits per heavy atom. The predicted octanol–water partition coefficient (Wildman–Crippen LogP) is 1.43. The molecule has 0 N–H and O–H groups in total. The summed E-state index contributed by atoms with van der Waals surface area (Å²) in [6, 6.07) is 7.52. The van der Waals surface area contributed by atoms with Gasteiger partial charge in [-0.2, -0.15) is 0 Å². The Kier molecular flexibility index (Phi) is 2.62. The molecule has 3 rings (SSSR count). The second-order valence-electron chi connectivity index (χ2n) is 4.73. The first-order valence-electron chi connectivity index (χ1n) is 6.15. The van der Waals surface area contributed by atoms with Crippen LogP contribution in [0.2, 0.25) is 0 Å². The maximum absolute atomic E-state index is 13.7. The van der Waals surface area contributed by atoms with Crippen LogP contribution in [0.25, 0.3) is 16.9 Å². The molecular formula is C14H13BFN3. The predicted molar refractivity (Wildman–Crippen MR) is 76.5 cm³/mol. The number of halogens is 1. The van der Waals surface area contributed by atoms with Crippen molar-refractivity contribution < 1.29 is 4.39 Å². The number of aromatic nitrogens is 3. The van der Waals surface area contributed by atoms with Crippen molar-refractivity contribution in [1.82, 2.24) is 14.5 Å². The Hall–Kier alpha value is -2.17. The van der Waals surface area contributed by atoms with Gasteiger partial charge in [-0.1, -0.05) is 0 Å². The van der Waals surface area contributed by atoms with E-state index in [2.05, 4.69) is 9.97 Å². The summed E-state index contributed by atoms with van der Waals surface area (Å²) in [5, 5.41) is 0. The van der Waals surface area contributed by atoms with Gasteiger partial charge < -0.3 is 4.57 Å². The van der Waals surface area contributed by atoms with Gasteiger partial charge >= 0.3 is 0 Å². The number of imidazole rings is 1. The molecule has 0 aliphatic carbocycles. The fraction of sp³-hybridized carbons (Fsp3) is 0.143. The van der Waals surface area contributed by atoms with Gasteiger partial charge in [-0.25, -0.2) is 14.4 Å². The zero-order valence-corrected chi connectivity index (χ0v) is 11.1. The van der Waals surface area contributed by atoms with Gasteiger partial charge in [0.1, 0.15) is 5.82 Å². The third-order valence-corrected chi connectivity index (χ3v) is 3.28. The van der Waals surface area contributed by atoms with Gasteiger partial charge in [0, 0.05) is 11.9 Å². The lowest BCUT2D eigenvalue weighted by atomic mass is 10.1. The fourth-order valence-corrected chi connectivity index (χ4v) is 2.40. The van der Waals surface area contributed by atoms with Gasteiger partial charge in [-0.3, -0.25) is 0 Å². The Bertz CT molecular complexity index is 756. The zero-order chi connectivity index (χ0) is 13.6. The van der Waals surface area contributed by atoms with Crippen molar-refractivity contribution in [2.45, 2.75) is 13.8 Å². The highest BCUT2D eigenvalue weighted by atomic mass is 19.1. The molecule has 0 atom stereocenters. The van der Waals surface area contributed by atoms with E-state index in [1.807, 2.05) is 36.7 Å². The van der Waals surface area contributed by atoms with Crippen LogP contribution in [0.3, 0.4) is 0 Å². The molecule has 3 aromatic rings. The SMILES string of the molecule is Bc1nc2ncccc2n1-c1cc(C)c(F)c(C)c1. The van der Waals surface area contributed by atoms with Crippen molar-refractivity contribution in [3.8, 4) is 5.69 Å². The van der Waals surface area contributed by atoms with Crippen molar-refractivity contribution in [2.75, 3.05) is 0 Å². The first-order valence-corrected chi connectivity index (χ1v) is 6.15. The molecule has 0 saturated carbocycles. The Morgan fingerprint density at radius 2 is 1.89 bits per heavy atom. The second-order valence-corrected chi connectivity index (χ2v) is 4.73. The van der Waals surface area contributed by atoms with Crippen LogP contribution in [0.5, 0.6) is 0 Å². The lowest BCUT2D eigenvalue weighted by molar-refractivity contribution is 0.609. The molecule has 19 heavy (non-hydrogen) atoms. The number of rotatable bonds is 1. The van der Waals surface area contributed by atoms with Gasteiger partial charge in [0.2, 0.25) is 0 Å². The molecular weight excluding hydrogens is 240 g/mol. The monoisotopic (exact) mass is 253 g/mol. The standard InChI is InChI=1S/C14H13BFN3/c1-8-6-10(7-9(2)12(8)16)19-11-4-3-5-17-13(11)18-14(19)15/h3-7H,15H2,1-2H3. The smallest absolute Gasteiger partial charge is 0.187 e. The number of hydrogen-bond donors (Lipinski definition) is 0. The fourth-order valence-electron chi connectivity index (χ4n) is 2.40. The molecule has 1 aromatic carbocycles. The van der Waals surface area contributed by atoms with E-state index in [1.165, 1.54) is 0 Å². The molecule has 5 heteroatoms. The molecule has 0 saturated heterocycles. The first-order chi connectivity index (χ1) is 9.08. The van der Waals surface area contributed by atoms with Crippen LogP contribution >= 0.6 is 0 Å². The largest absolute Gasteiger partial charge is 0.304 e. The van der Waals surface area contributed by atoms with Gasteiger partial charge in [-0.15, -0.1) is 0 Å². The molecule has 0 aliphatic rings. The van der Waals surface area contributed by atoms with Crippen molar-refractivity contribution in [2.24, 2.45) is 0 Å². The number of fused-ring (bicyclic) bond motifs is 1. The van der Waals surface area contributed by atoms with E-state index in [1.54, 1.807) is 20.0 Å². The van der Waals surface area contributed by atoms with E-state index in [-0.39, 0.29) is 5.82 Å². The highest BCUT2D eigenvalue weighted by molar-refractivity contribution is 6.30. The van der Waals surface area contributed by atoms with E-state index < -0.39 is 0 Å². The lowest BCUT2D eigenvalue weighted by Crippen LogP contribution is -2.17. The molecule has 0 aliphatic heterocycles. The molecule has 2 heterocycles.